The number of carbonyl (C=O) groups is 3. The molecule has 0 aromatic carbocycles. The first-order valence-electron chi connectivity index (χ1n) is 26.0. The first-order chi connectivity index (χ1) is 27.4. The average Bonchev–Trinajstić information content (AvgIpc) is 3.24. The van der Waals surface area contributed by atoms with Gasteiger partial charge in [0.1, 0.15) is 17.3 Å². The van der Waals surface area contributed by atoms with E-state index < -0.39 is 0 Å². The second-order valence-corrected chi connectivity index (χ2v) is 21.7. The molecule has 57 heavy (non-hydrogen) atoms. The van der Waals surface area contributed by atoms with Gasteiger partial charge in [-0.15, -0.1) is 0 Å². The molecule has 9 unspecified atom stereocenters. The summed E-state index contributed by atoms with van der Waals surface area (Å²) in [5, 5.41) is 0. The van der Waals surface area contributed by atoms with Gasteiger partial charge in [-0.2, -0.15) is 0 Å². The molecular weight excluding hydrogens is 697 g/mol. The van der Waals surface area contributed by atoms with Crippen molar-refractivity contribution in [1.29, 1.82) is 0 Å². The fraction of sp³-hybridized carbons (Fsp3) is 0.944. The average molecular weight is 793 g/mol. The zero-order valence-electron chi connectivity index (χ0n) is 39.5. The molecule has 6 aliphatic rings. The van der Waals surface area contributed by atoms with Crippen molar-refractivity contribution in [1.82, 2.24) is 0 Å². The minimum atomic E-state index is 0.392. The van der Waals surface area contributed by atoms with Gasteiger partial charge in [-0.3, -0.25) is 14.4 Å². The highest BCUT2D eigenvalue weighted by Crippen LogP contribution is 2.47. The van der Waals surface area contributed by atoms with Crippen LogP contribution in [0.15, 0.2) is 0 Å². The number of rotatable bonds is 12. The number of ketones is 3. The Bertz CT molecular complexity index is 1150. The topological polar surface area (TPSA) is 51.2 Å². The Morgan fingerprint density at radius 2 is 0.719 bits per heavy atom. The third kappa shape index (κ3) is 14.6. The standard InChI is InChI=1S/C19H34O.C18H32O.C17H30O/c1-4-6-19(20)17-10-8-16(9-11-17)18-12-7-15(5-2)13-14(18)3;1-4-14-6-11-17(13(3)12-14)15-7-9-16(10-8-15)18(19)5-2;1-4-14-5-10-17(12(2)11-14)16-8-6-15(7-9-16)13(3)18/h14-18H,4-13H2,1-3H3;13-17H,4-12H2,1-3H3;12,14-17H,4-11H2,1-3H3. The second-order valence-electron chi connectivity index (χ2n) is 21.7. The molecule has 9 atom stereocenters. The monoisotopic (exact) mass is 793 g/mol. The van der Waals surface area contributed by atoms with Crippen LogP contribution in [0.5, 0.6) is 0 Å². The van der Waals surface area contributed by atoms with E-state index in [2.05, 4.69) is 48.5 Å². The summed E-state index contributed by atoms with van der Waals surface area (Å²) in [7, 11) is 0. The van der Waals surface area contributed by atoms with Crippen LogP contribution in [0.25, 0.3) is 0 Å². The second kappa shape index (κ2) is 25.1. The molecule has 0 saturated heterocycles. The quantitative estimate of drug-likeness (QED) is 0.198. The van der Waals surface area contributed by atoms with Crippen LogP contribution in [0.2, 0.25) is 0 Å². The van der Waals surface area contributed by atoms with E-state index in [9.17, 15) is 14.4 Å². The molecular formula is C54H96O3. The Balaban J connectivity index is 0.000000190. The maximum atomic E-state index is 12.0. The van der Waals surface area contributed by atoms with Crippen LogP contribution in [0.4, 0.5) is 0 Å². The van der Waals surface area contributed by atoms with Crippen molar-refractivity contribution in [3.63, 3.8) is 0 Å². The predicted molar refractivity (Wildman–Crippen MR) is 243 cm³/mol. The normalized spacial score (nSPS) is 40.1. The minimum absolute atomic E-state index is 0.392. The first-order valence-corrected chi connectivity index (χ1v) is 26.0. The van der Waals surface area contributed by atoms with Crippen molar-refractivity contribution in [3.05, 3.63) is 0 Å². The van der Waals surface area contributed by atoms with Gasteiger partial charge < -0.3 is 0 Å². The molecule has 3 heteroatoms. The molecule has 0 N–H and O–H groups in total. The lowest BCUT2D eigenvalue weighted by molar-refractivity contribution is -0.125. The summed E-state index contributed by atoms with van der Waals surface area (Å²) in [6.45, 7) is 20.4. The first kappa shape index (κ1) is 48.7. The number of carbonyl (C=O) groups excluding carboxylic acids is 3. The molecule has 0 bridgehead atoms. The molecule has 0 radical (unpaired) electrons. The van der Waals surface area contributed by atoms with Gasteiger partial charge in [0.05, 0.1) is 0 Å². The summed E-state index contributed by atoms with van der Waals surface area (Å²) >= 11 is 0. The molecule has 0 spiro atoms. The summed E-state index contributed by atoms with van der Waals surface area (Å²) in [5.74, 6) is 14.1. The number of hydrogen-bond acceptors (Lipinski definition) is 3. The summed E-state index contributed by atoms with van der Waals surface area (Å²) in [5.41, 5.74) is 0. The van der Waals surface area contributed by atoms with Crippen molar-refractivity contribution in [2.45, 2.75) is 236 Å². The maximum absolute atomic E-state index is 12.0. The largest absolute Gasteiger partial charge is 0.300 e. The van der Waals surface area contributed by atoms with Crippen LogP contribution < -0.4 is 0 Å². The molecule has 6 rings (SSSR count). The van der Waals surface area contributed by atoms with Crippen LogP contribution in [0.1, 0.15) is 236 Å². The molecule has 6 aliphatic carbocycles. The Kier molecular flexibility index (Phi) is 21.4. The molecule has 0 aromatic heterocycles. The summed E-state index contributed by atoms with van der Waals surface area (Å²) in [4.78, 5) is 35.3. The fourth-order valence-corrected chi connectivity index (χ4v) is 14.2. The zero-order chi connectivity index (χ0) is 41.5. The van der Waals surface area contributed by atoms with Gasteiger partial charge in [0.15, 0.2) is 0 Å². The van der Waals surface area contributed by atoms with Gasteiger partial charge in [0, 0.05) is 30.6 Å². The Morgan fingerprint density at radius 1 is 0.404 bits per heavy atom. The van der Waals surface area contributed by atoms with Gasteiger partial charge in [-0.05, 0) is 200 Å². The van der Waals surface area contributed by atoms with Gasteiger partial charge in [0.2, 0.25) is 0 Å². The molecule has 3 nitrogen and oxygen atoms in total. The van der Waals surface area contributed by atoms with Gasteiger partial charge in [-0.1, -0.05) is 93.9 Å². The van der Waals surface area contributed by atoms with Gasteiger partial charge in [0.25, 0.3) is 0 Å². The molecule has 0 amide bonds. The Morgan fingerprint density at radius 3 is 0.982 bits per heavy atom. The van der Waals surface area contributed by atoms with Crippen LogP contribution >= 0.6 is 0 Å². The lowest BCUT2D eigenvalue weighted by atomic mass is 9.64. The highest BCUT2D eigenvalue weighted by molar-refractivity contribution is 5.81. The summed E-state index contributed by atoms with van der Waals surface area (Å²) in [6, 6.07) is 0. The molecule has 6 saturated carbocycles. The number of Topliss-reactive ketones (excluding diaryl/α,β-unsaturated/α-hetero) is 3. The van der Waals surface area contributed by atoms with Crippen LogP contribution in [0.3, 0.4) is 0 Å². The van der Waals surface area contributed by atoms with Crippen molar-refractivity contribution in [2.24, 2.45) is 88.8 Å². The van der Waals surface area contributed by atoms with Crippen molar-refractivity contribution in [3.8, 4) is 0 Å². The number of hydrogen-bond donors (Lipinski definition) is 0. The highest BCUT2D eigenvalue weighted by atomic mass is 16.1. The van der Waals surface area contributed by atoms with Crippen molar-refractivity contribution >= 4 is 17.3 Å². The smallest absolute Gasteiger partial charge is 0.135 e. The van der Waals surface area contributed by atoms with E-state index >= 15 is 0 Å². The Labute approximate surface area is 355 Å². The van der Waals surface area contributed by atoms with Crippen LogP contribution in [-0.2, 0) is 14.4 Å². The van der Waals surface area contributed by atoms with E-state index in [0.29, 0.717) is 35.1 Å². The van der Waals surface area contributed by atoms with Crippen molar-refractivity contribution in [2.75, 3.05) is 0 Å². The highest BCUT2D eigenvalue weighted by Gasteiger charge is 2.38. The third-order valence-corrected chi connectivity index (χ3v) is 18.2. The van der Waals surface area contributed by atoms with E-state index in [-0.39, 0.29) is 0 Å². The summed E-state index contributed by atoms with van der Waals surface area (Å²) in [6.07, 6.45) is 34.8. The molecule has 6 fully saturated rings. The fourth-order valence-electron chi connectivity index (χ4n) is 14.2. The van der Waals surface area contributed by atoms with Crippen LogP contribution in [-0.4, -0.2) is 17.3 Å². The molecule has 0 aromatic rings. The lowest BCUT2D eigenvalue weighted by Crippen LogP contribution is -2.32. The van der Waals surface area contributed by atoms with Crippen molar-refractivity contribution < 1.29 is 14.4 Å². The zero-order valence-corrected chi connectivity index (χ0v) is 39.5. The molecule has 330 valence electrons. The van der Waals surface area contributed by atoms with E-state index in [4.69, 9.17) is 0 Å². The molecule has 0 heterocycles. The van der Waals surface area contributed by atoms with Crippen LogP contribution in [0, 0.1) is 88.8 Å². The summed E-state index contributed by atoms with van der Waals surface area (Å²) < 4.78 is 0. The van der Waals surface area contributed by atoms with E-state index in [1.54, 1.807) is 6.92 Å². The van der Waals surface area contributed by atoms with E-state index in [0.717, 1.165) is 90.3 Å². The lowest BCUT2D eigenvalue weighted by Gasteiger charge is -2.41. The SMILES string of the molecule is CCC(=O)C1CCC(C2CCC(CC)CC2C)CC1.CCC1CCC(C2CCC(C(C)=O)CC2)C(C)C1.CCCC(=O)C1CCC(C2CCC(CC)CC2C)CC1. The molecule has 0 aliphatic heterocycles. The van der Waals surface area contributed by atoms with Gasteiger partial charge in [-0.25, -0.2) is 0 Å². The minimum Gasteiger partial charge on any atom is -0.300 e. The third-order valence-electron chi connectivity index (χ3n) is 18.2. The van der Waals surface area contributed by atoms with E-state index in [1.807, 2.05) is 6.92 Å². The predicted octanol–water partition coefficient (Wildman–Crippen LogP) is 15.7. The van der Waals surface area contributed by atoms with Gasteiger partial charge >= 0.3 is 0 Å². The van der Waals surface area contributed by atoms with E-state index in [1.165, 1.54) is 154 Å². The Hall–Kier alpha value is -0.990. The maximum Gasteiger partial charge on any atom is 0.135 e.